The minimum absolute atomic E-state index is 0.223. The van der Waals surface area contributed by atoms with Crippen LogP contribution < -0.4 is 19.6 Å². The van der Waals surface area contributed by atoms with Crippen molar-refractivity contribution in [1.29, 1.82) is 5.26 Å². The minimum Gasteiger partial charge on any atom is -0.488 e. The Labute approximate surface area is 243 Å². The van der Waals surface area contributed by atoms with E-state index in [9.17, 15) is 14.9 Å². The number of hydrogen-bond acceptors (Lipinski definition) is 7. The van der Waals surface area contributed by atoms with Crippen LogP contribution in [0.2, 0.25) is 0 Å². The van der Waals surface area contributed by atoms with Gasteiger partial charge in [0.05, 0.1) is 44.6 Å². The minimum atomic E-state index is -0.641. The van der Waals surface area contributed by atoms with Crippen LogP contribution in [0, 0.1) is 11.3 Å². The van der Waals surface area contributed by atoms with Crippen LogP contribution in [0.15, 0.2) is 98.3 Å². The molecule has 0 fully saturated rings. The summed E-state index contributed by atoms with van der Waals surface area (Å²) in [5, 5.41) is 9.31. The van der Waals surface area contributed by atoms with Gasteiger partial charge < -0.3 is 9.47 Å². The van der Waals surface area contributed by atoms with Crippen LogP contribution in [0.25, 0.3) is 6.08 Å². The fourth-order valence-corrected chi connectivity index (χ4v) is 6.09. The molecule has 7 nitrogen and oxygen atoms in total. The largest absolute Gasteiger partial charge is 0.488 e. The summed E-state index contributed by atoms with van der Waals surface area (Å²) < 4.78 is 14.1. The Balaban J connectivity index is 1.51. The molecule has 5 rings (SSSR count). The lowest BCUT2D eigenvalue weighted by molar-refractivity contribution is -0.139. The van der Waals surface area contributed by atoms with Gasteiger partial charge in [-0.2, -0.15) is 5.26 Å². The van der Waals surface area contributed by atoms with Gasteiger partial charge in [0, 0.05) is 5.56 Å². The van der Waals surface area contributed by atoms with Gasteiger partial charge in [-0.1, -0.05) is 65.9 Å². The van der Waals surface area contributed by atoms with E-state index in [1.54, 1.807) is 30.6 Å². The number of benzene rings is 3. The zero-order valence-electron chi connectivity index (χ0n) is 21.8. The Bertz CT molecular complexity index is 1850. The SMILES string of the molecule is CCOC(=O)C1=C(C)N=c2s/c(=C/c3ccc(OCc4ccccc4C#N)c(Br)c3)c(=O)n2[C@@H]1c1ccccc1. The van der Waals surface area contributed by atoms with Crippen molar-refractivity contribution in [2.45, 2.75) is 26.5 Å². The zero-order chi connectivity index (χ0) is 28.2. The first-order chi connectivity index (χ1) is 19.4. The number of ether oxygens (including phenoxy) is 2. The number of carbonyl (C=O) groups is 1. The van der Waals surface area contributed by atoms with E-state index in [0.717, 1.165) is 16.7 Å². The number of allylic oxidation sites excluding steroid dienone is 1. The smallest absolute Gasteiger partial charge is 0.338 e. The van der Waals surface area contributed by atoms with Gasteiger partial charge >= 0.3 is 5.97 Å². The molecule has 40 heavy (non-hydrogen) atoms. The van der Waals surface area contributed by atoms with Crippen LogP contribution in [0.3, 0.4) is 0 Å². The number of esters is 1. The van der Waals surface area contributed by atoms with Gasteiger partial charge in [-0.15, -0.1) is 0 Å². The molecule has 9 heteroatoms. The number of thiazole rings is 1. The van der Waals surface area contributed by atoms with E-state index in [-0.39, 0.29) is 18.8 Å². The highest BCUT2D eigenvalue weighted by Gasteiger charge is 2.33. The third-order valence-electron chi connectivity index (χ3n) is 6.41. The quantitative estimate of drug-likeness (QED) is 0.273. The molecule has 0 bridgehead atoms. The first kappa shape index (κ1) is 27.3. The average molecular weight is 615 g/mol. The van der Waals surface area contributed by atoms with Gasteiger partial charge in [0.2, 0.25) is 0 Å². The number of carbonyl (C=O) groups excluding carboxylic acids is 1. The van der Waals surface area contributed by atoms with Crippen LogP contribution in [-0.2, 0) is 16.1 Å². The van der Waals surface area contributed by atoms with Gasteiger partial charge in [-0.05, 0) is 65.2 Å². The molecule has 1 aromatic heterocycles. The maximum Gasteiger partial charge on any atom is 0.338 e. The van der Waals surface area contributed by atoms with E-state index in [1.807, 2.05) is 66.7 Å². The second-order valence-electron chi connectivity index (χ2n) is 8.96. The molecule has 0 saturated heterocycles. The highest BCUT2D eigenvalue weighted by Crippen LogP contribution is 2.31. The molecule has 2 heterocycles. The van der Waals surface area contributed by atoms with Crippen molar-refractivity contribution in [3.63, 3.8) is 0 Å². The van der Waals surface area contributed by atoms with Crippen molar-refractivity contribution in [2.24, 2.45) is 4.99 Å². The van der Waals surface area contributed by atoms with Crippen molar-refractivity contribution < 1.29 is 14.3 Å². The highest BCUT2D eigenvalue weighted by molar-refractivity contribution is 9.10. The van der Waals surface area contributed by atoms with E-state index in [2.05, 4.69) is 27.0 Å². The second kappa shape index (κ2) is 11.9. The molecule has 0 saturated carbocycles. The van der Waals surface area contributed by atoms with Crippen LogP contribution >= 0.6 is 27.3 Å². The second-order valence-corrected chi connectivity index (χ2v) is 10.8. The van der Waals surface area contributed by atoms with Gasteiger partial charge in [0.1, 0.15) is 12.4 Å². The number of nitriles is 1. The van der Waals surface area contributed by atoms with Gasteiger partial charge in [0.25, 0.3) is 5.56 Å². The number of nitrogens with zero attached hydrogens (tertiary/aromatic N) is 3. The molecule has 0 radical (unpaired) electrons. The third-order valence-corrected chi connectivity index (χ3v) is 8.01. The van der Waals surface area contributed by atoms with E-state index in [4.69, 9.17) is 9.47 Å². The van der Waals surface area contributed by atoms with Crippen molar-refractivity contribution in [3.05, 3.63) is 130 Å². The molecule has 0 N–H and O–H groups in total. The van der Waals surface area contributed by atoms with E-state index in [1.165, 1.54) is 11.3 Å². The summed E-state index contributed by atoms with van der Waals surface area (Å²) in [6, 6.07) is 23.8. The molecular formula is C31H24BrN3O4S. The number of fused-ring (bicyclic) bond motifs is 1. The van der Waals surface area contributed by atoms with Crippen molar-refractivity contribution in [2.75, 3.05) is 6.61 Å². The molecule has 1 aliphatic heterocycles. The molecule has 1 aliphatic rings. The predicted octanol–water partition coefficient (Wildman–Crippen LogP) is 5.01. The lowest BCUT2D eigenvalue weighted by atomic mass is 9.96. The normalized spacial score (nSPS) is 14.8. The molecule has 3 aromatic carbocycles. The fourth-order valence-electron chi connectivity index (χ4n) is 4.53. The molecule has 0 unspecified atom stereocenters. The fraction of sp³-hybridized carbons (Fsp3) is 0.161. The number of rotatable bonds is 7. The highest BCUT2D eigenvalue weighted by atomic mass is 79.9. The third kappa shape index (κ3) is 5.41. The Morgan fingerprint density at radius 3 is 2.62 bits per heavy atom. The van der Waals surface area contributed by atoms with E-state index in [0.29, 0.717) is 36.4 Å². The Hall–Kier alpha value is -4.26. The predicted molar refractivity (Wildman–Crippen MR) is 156 cm³/mol. The summed E-state index contributed by atoms with van der Waals surface area (Å²) in [7, 11) is 0. The average Bonchev–Trinajstić information content (AvgIpc) is 3.26. The summed E-state index contributed by atoms with van der Waals surface area (Å²) >= 11 is 4.84. The Morgan fingerprint density at radius 1 is 1.15 bits per heavy atom. The summed E-state index contributed by atoms with van der Waals surface area (Å²) in [5.41, 5.74) is 3.61. The van der Waals surface area contributed by atoms with Gasteiger partial charge in [-0.3, -0.25) is 9.36 Å². The number of halogens is 1. The number of aromatic nitrogens is 1. The van der Waals surface area contributed by atoms with Crippen molar-refractivity contribution in [1.82, 2.24) is 4.57 Å². The topological polar surface area (TPSA) is 93.7 Å². The van der Waals surface area contributed by atoms with E-state index >= 15 is 0 Å². The molecule has 0 spiro atoms. The van der Waals surface area contributed by atoms with Crippen molar-refractivity contribution >= 4 is 39.3 Å². The lowest BCUT2D eigenvalue weighted by Crippen LogP contribution is -2.39. The maximum absolute atomic E-state index is 13.8. The monoisotopic (exact) mass is 613 g/mol. The summed E-state index contributed by atoms with van der Waals surface area (Å²) in [5.74, 6) is 0.133. The molecule has 0 aliphatic carbocycles. The molecule has 4 aromatic rings. The first-order valence-corrected chi connectivity index (χ1v) is 14.2. The zero-order valence-corrected chi connectivity index (χ0v) is 24.2. The van der Waals surface area contributed by atoms with Crippen LogP contribution in [-0.4, -0.2) is 17.1 Å². The maximum atomic E-state index is 13.8. The summed E-state index contributed by atoms with van der Waals surface area (Å²) in [6.45, 7) is 3.99. The van der Waals surface area contributed by atoms with Gasteiger partial charge in [0.15, 0.2) is 4.80 Å². The molecule has 0 amide bonds. The van der Waals surface area contributed by atoms with Crippen LogP contribution in [0.1, 0.15) is 42.1 Å². The van der Waals surface area contributed by atoms with Crippen molar-refractivity contribution in [3.8, 4) is 11.8 Å². The Kier molecular flexibility index (Phi) is 8.10. The lowest BCUT2D eigenvalue weighted by Gasteiger charge is -2.24. The first-order valence-electron chi connectivity index (χ1n) is 12.6. The standard InChI is InChI=1S/C31H24BrN3O4S/c1-3-38-30(37)27-19(2)34-31-35(28(27)21-9-5-4-6-10-21)29(36)26(40-31)16-20-13-14-25(24(32)15-20)39-18-23-12-8-7-11-22(23)17-33/h4-16,28H,3,18H2,1-2H3/b26-16+/t28-/m1/s1. The van der Waals surface area contributed by atoms with Gasteiger partial charge in [-0.25, -0.2) is 9.79 Å². The summed E-state index contributed by atoms with van der Waals surface area (Å²) in [4.78, 5) is 31.9. The van der Waals surface area contributed by atoms with Crippen LogP contribution in [0.5, 0.6) is 5.75 Å². The summed E-state index contributed by atoms with van der Waals surface area (Å²) in [6.07, 6.45) is 1.80. The molecule has 1 atom stereocenters. The molecular weight excluding hydrogens is 590 g/mol. The number of hydrogen-bond donors (Lipinski definition) is 0. The van der Waals surface area contributed by atoms with Crippen LogP contribution in [0.4, 0.5) is 0 Å². The Morgan fingerprint density at radius 2 is 1.90 bits per heavy atom. The molecule has 200 valence electrons. The van der Waals surface area contributed by atoms with E-state index < -0.39 is 12.0 Å².